The summed E-state index contributed by atoms with van der Waals surface area (Å²) >= 11 is 5.68. The second-order valence-corrected chi connectivity index (χ2v) is 6.84. The fourth-order valence-corrected chi connectivity index (χ4v) is 2.87. The normalized spacial score (nSPS) is 13.0. The molecule has 7 heteroatoms. The zero-order valence-corrected chi connectivity index (χ0v) is 12.7. The SMILES string of the molecule is O=C(Nc1ccccc1)N[P@@](=O)(CCl)Oc1ccccc1. The number of hydrogen-bond donors (Lipinski definition) is 2. The number of amides is 2. The van der Waals surface area contributed by atoms with Crippen LogP contribution < -0.4 is 14.9 Å². The van der Waals surface area contributed by atoms with Crippen LogP contribution >= 0.6 is 19.1 Å². The van der Waals surface area contributed by atoms with Crippen molar-refractivity contribution < 1.29 is 13.9 Å². The summed E-state index contributed by atoms with van der Waals surface area (Å²) in [6, 6.07) is 16.7. The van der Waals surface area contributed by atoms with E-state index in [0.29, 0.717) is 11.4 Å². The van der Waals surface area contributed by atoms with Gasteiger partial charge in [-0.05, 0) is 24.3 Å². The number of benzene rings is 2. The highest BCUT2D eigenvalue weighted by Crippen LogP contribution is 2.43. The van der Waals surface area contributed by atoms with E-state index < -0.39 is 13.6 Å². The summed E-state index contributed by atoms with van der Waals surface area (Å²) in [7, 11) is -3.51. The van der Waals surface area contributed by atoms with Crippen molar-refractivity contribution in [3.05, 3.63) is 60.7 Å². The molecule has 0 aromatic heterocycles. The number of anilines is 1. The lowest BCUT2D eigenvalue weighted by Gasteiger charge is -2.18. The first kappa shape index (κ1) is 15.4. The summed E-state index contributed by atoms with van der Waals surface area (Å²) in [6.45, 7) is 0. The van der Waals surface area contributed by atoms with Crippen molar-refractivity contribution in [3.8, 4) is 5.75 Å². The van der Waals surface area contributed by atoms with Crippen LogP contribution in [-0.2, 0) is 4.57 Å². The minimum absolute atomic E-state index is 0.329. The van der Waals surface area contributed by atoms with Crippen molar-refractivity contribution in [1.82, 2.24) is 5.09 Å². The van der Waals surface area contributed by atoms with Crippen molar-refractivity contribution in [2.45, 2.75) is 0 Å². The van der Waals surface area contributed by atoms with Gasteiger partial charge in [-0.2, -0.15) is 0 Å². The number of halogens is 1. The van der Waals surface area contributed by atoms with Gasteiger partial charge in [0.1, 0.15) is 11.4 Å². The maximum Gasteiger partial charge on any atom is 0.359 e. The van der Waals surface area contributed by atoms with Gasteiger partial charge in [0.05, 0.1) is 0 Å². The molecule has 2 rings (SSSR count). The summed E-state index contributed by atoms with van der Waals surface area (Å²) in [5.41, 5.74) is 0.250. The Hall–Kier alpha value is -1.97. The predicted molar refractivity (Wildman–Crippen MR) is 84.0 cm³/mol. The van der Waals surface area contributed by atoms with Crippen molar-refractivity contribution in [1.29, 1.82) is 0 Å². The third-order valence-corrected chi connectivity index (χ3v) is 4.77. The molecule has 21 heavy (non-hydrogen) atoms. The molecule has 0 heterocycles. The third kappa shape index (κ3) is 4.81. The molecule has 0 aliphatic heterocycles. The quantitative estimate of drug-likeness (QED) is 0.637. The Bertz CT molecular complexity index is 637. The molecule has 0 spiro atoms. The molecule has 2 amide bonds. The molecular formula is C14H14ClN2O3P. The van der Waals surface area contributed by atoms with E-state index in [2.05, 4.69) is 10.4 Å². The van der Waals surface area contributed by atoms with Crippen LogP contribution in [0.3, 0.4) is 0 Å². The maximum absolute atomic E-state index is 12.4. The number of carbonyl (C=O) groups is 1. The van der Waals surface area contributed by atoms with Gasteiger partial charge in [0, 0.05) is 5.69 Å². The first-order valence-corrected chi connectivity index (χ1v) is 8.50. The average Bonchev–Trinajstić information content (AvgIpc) is 2.49. The maximum atomic E-state index is 12.4. The van der Waals surface area contributed by atoms with E-state index in [4.69, 9.17) is 16.1 Å². The summed E-state index contributed by atoms with van der Waals surface area (Å²) in [5, 5.41) is 4.85. The lowest BCUT2D eigenvalue weighted by atomic mass is 10.3. The van der Waals surface area contributed by atoms with Gasteiger partial charge in [0.25, 0.3) is 0 Å². The zero-order valence-electron chi connectivity index (χ0n) is 11.0. The number of nitrogens with one attached hydrogen (secondary N) is 2. The fourth-order valence-electron chi connectivity index (χ4n) is 1.56. The summed E-state index contributed by atoms with van der Waals surface area (Å²) in [5.74, 6) is 0.376. The highest BCUT2D eigenvalue weighted by Gasteiger charge is 2.26. The summed E-state index contributed by atoms with van der Waals surface area (Å²) in [4.78, 5) is 11.8. The van der Waals surface area contributed by atoms with Gasteiger partial charge in [-0.15, -0.1) is 11.6 Å². The van der Waals surface area contributed by atoms with Crippen LogP contribution in [0.2, 0.25) is 0 Å². The molecule has 0 unspecified atom stereocenters. The molecule has 2 N–H and O–H groups in total. The Morgan fingerprint density at radius 1 is 1.05 bits per heavy atom. The average molecular weight is 325 g/mol. The minimum Gasteiger partial charge on any atom is -0.428 e. The first-order valence-electron chi connectivity index (χ1n) is 6.15. The van der Waals surface area contributed by atoms with E-state index in [1.54, 1.807) is 54.6 Å². The van der Waals surface area contributed by atoms with Crippen molar-refractivity contribution in [2.75, 3.05) is 10.9 Å². The van der Waals surface area contributed by atoms with E-state index >= 15 is 0 Å². The zero-order chi connectivity index (χ0) is 15.1. The van der Waals surface area contributed by atoms with Crippen molar-refractivity contribution in [2.24, 2.45) is 0 Å². The lowest BCUT2D eigenvalue weighted by molar-refractivity contribution is 0.255. The fraction of sp³-hybridized carbons (Fsp3) is 0.0714. The predicted octanol–water partition coefficient (Wildman–Crippen LogP) is 4.28. The molecule has 0 saturated carbocycles. The number of urea groups is 1. The first-order chi connectivity index (χ1) is 10.1. The molecule has 0 radical (unpaired) electrons. The molecular weight excluding hydrogens is 311 g/mol. The van der Waals surface area contributed by atoms with Gasteiger partial charge in [0.15, 0.2) is 0 Å². The monoisotopic (exact) mass is 324 g/mol. The standard InChI is InChI=1S/C14H14ClN2O3P/c15-11-21(19,20-13-9-5-2-6-10-13)17-14(18)16-12-7-3-1-4-8-12/h1-10H,11H2,(H2,16,17,18,19)/t21-/m1/s1. The van der Waals surface area contributed by atoms with E-state index in [-0.39, 0.29) is 5.62 Å². The van der Waals surface area contributed by atoms with E-state index in [9.17, 15) is 9.36 Å². The Kier molecular flexibility index (Phi) is 5.26. The van der Waals surface area contributed by atoms with Gasteiger partial charge in [-0.3, -0.25) is 9.65 Å². The van der Waals surface area contributed by atoms with Crippen LogP contribution in [-0.4, -0.2) is 11.7 Å². The molecule has 0 aliphatic carbocycles. The molecule has 110 valence electrons. The van der Waals surface area contributed by atoms with Gasteiger partial charge >= 0.3 is 13.6 Å². The van der Waals surface area contributed by atoms with Crippen LogP contribution in [0.15, 0.2) is 60.7 Å². The highest BCUT2D eigenvalue weighted by atomic mass is 35.5. The van der Waals surface area contributed by atoms with Crippen LogP contribution in [0.5, 0.6) is 5.75 Å². The molecule has 2 aromatic rings. The lowest BCUT2D eigenvalue weighted by Crippen LogP contribution is -2.28. The molecule has 0 saturated heterocycles. The topological polar surface area (TPSA) is 67.4 Å². The van der Waals surface area contributed by atoms with Gasteiger partial charge in [-0.25, -0.2) is 4.79 Å². The molecule has 5 nitrogen and oxygen atoms in total. The van der Waals surface area contributed by atoms with E-state index in [0.717, 1.165) is 0 Å². The second kappa shape index (κ2) is 7.16. The molecule has 2 aromatic carbocycles. The van der Waals surface area contributed by atoms with Gasteiger partial charge in [-0.1, -0.05) is 36.4 Å². The van der Waals surface area contributed by atoms with Gasteiger partial charge in [0.2, 0.25) is 0 Å². The van der Waals surface area contributed by atoms with Crippen molar-refractivity contribution >= 4 is 30.8 Å². The third-order valence-electron chi connectivity index (χ3n) is 2.46. The molecule has 0 bridgehead atoms. The van der Waals surface area contributed by atoms with Crippen LogP contribution in [0, 0.1) is 0 Å². The van der Waals surface area contributed by atoms with Crippen LogP contribution in [0.1, 0.15) is 0 Å². The smallest absolute Gasteiger partial charge is 0.359 e. The highest BCUT2D eigenvalue weighted by molar-refractivity contribution is 7.59. The van der Waals surface area contributed by atoms with E-state index in [1.807, 2.05) is 6.07 Å². The minimum atomic E-state index is -3.51. The van der Waals surface area contributed by atoms with E-state index in [1.165, 1.54) is 0 Å². The van der Waals surface area contributed by atoms with Crippen molar-refractivity contribution in [3.63, 3.8) is 0 Å². The summed E-state index contributed by atoms with van der Waals surface area (Å²) < 4.78 is 17.7. The Balaban J connectivity index is 2.01. The Morgan fingerprint density at radius 3 is 2.19 bits per heavy atom. The second-order valence-electron chi connectivity index (χ2n) is 4.13. The summed E-state index contributed by atoms with van der Waals surface area (Å²) in [6.07, 6.45) is 0. The van der Waals surface area contributed by atoms with Crippen LogP contribution in [0.25, 0.3) is 0 Å². The molecule has 1 atom stereocenters. The molecule has 0 aliphatic rings. The largest absolute Gasteiger partial charge is 0.428 e. The Labute approximate surface area is 127 Å². The number of carbonyl (C=O) groups excluding carboxylic acids is 1. The van der Waals surface area contributed by atoms with Gasteiger partial charge < -0.3 is 9.84 Å². The van der Waals surface area contributed by atoms with Crippen LogP contribution in [0.4, 0.5) is 10.5 Å². The number of rotatable bonds is 5. The number of alkyl halides is 1. The number of hydrogen-bond acceptors (Lipinski definition) is 3. The number of para-hydroxylation sites is 2. The Morgan fingerprint density at radius 2 is 1.62 bits per heavy atom. The molecule has 0 fully saturated rings.